The smallest absolute Gasteiger partial charge is 0.196 e. The average Bonchev–Trinajstić information content (AvgIpc) is 3.01. The summed E-state index contributed by atoms with van der Waals surface area (Å²) in [7, 11) is 0. The standard InChI is InChI=1S/C17H15Cl2NO/c18-12-7-8-16(20-9-3-4-10-20)14(11-12)17(21)13-5-1-2-6-15(13)19/h1-2,5-8,11H,3-4,9-10H2. The lowest BCUT2D eigenvalue weighted by Crippen LogP contribution is -2.21. The molecule has 0 amide bonds. The Kier molecular flexibility index (Phi) is 4.18. The van der Waals surface area contributed by atoms with Crippen molar-refractivity contribution in [2.24, 2.45) is 0 Å². The Morgan fingerprint density at radius 3 is 2.38 bits per heavy atom. The SMILES string of the molecule is O=C(c1ccccc1Cl)c1cc(Cl)ccc1N1CCCC1. The molecule has 21 heavy (non-hydrogen) atoms. The van der Waals surface area contributed by atoms with E-state index in [1.54, 1.807) is 18.2 Å². The van der Waals surface area contributed by atoms with Crippen molar-refractivity contribution in [2.45, 2.75) is 12.8 Å². The predicted molar refractivity (Wildman–Crippen MR) is 87.8 cm³/mol. The zero-order valence-electron chi connectivity index (χ0n) is 11.5. The highest BCUT2D eigenvalue weighted by Crippen LogP contribution is 2.30. The number of nitrogens with zero attached hydrogens (tertiary/aromatic N) is 1. The van der Waals surface area contributed by atoms with Crippen LogP contribution in [0.3, 0.4) is 0 Å². The monoisotopic (exact) mass is 319 g/mol. The molecular formula is C17H15Cl2NO. The molecule has 1 saturated heterocycles. The molecular weight excluding hydrogens is 305 g/mol. The lowest BCUT2D eigenvalue weighted by atomic mass is 10.0. The van der Waals surface area contributed by atoms with Crippen molar-refractivity contribution >= 4 is 34.7 Å². The minimum Gasteiger partial charge on any atom is -0.371 e. The molecule has 1 aliphatic rings. The summed E-state index contributed by atoms with van der Waals surface area (Å²) in [5.41, 5.74) is 2.08. The maximum absolute atomic E-state index is 12.8. The molecule has 0 aromatic heterocycles. The summed E-state index contributed by atoms with van der Waals surface area (Å²) < 4.78 is 0. The van der Waals surface area contributed by atoms with E-state index in [-0.39, 0.29) is 5.78 Å². The quantitative estimate of drug-likeness (QED) is 0.755. The minimum absolute atomic E-state index is 0.0787. The van der Waals surface area contributed by atoms with Crippen molar-refractivity contribution in [1.29, 1.82) is 0 Å². The van der Waals surface area contributed by atoms with Gasteiger partial charge in [0.25, 0.3) is 0 Å². The molecule has 0 N–H and O–H groups in total. The normalized spacial score (nSPS) is 14.5. The van der Waals surface area contributed by atoms with Gasteiger partial charge in [-0.1, -0.05) is 35.3 Å². The number of hydrogen-bond acceptors (Lipinski definition) is 2. The highest BCUT2D eigenvalue weighted by atomic mass is 35.5. The first-order valence-corrected chi connectivity index (χ1v) is 7.76. The third-order valence-electron chi connectivity index (χ3n) is 3.77. The van der Waals surface area contributed by atoms with E-state index in [0.717, 1.165) is 31.6 Å². The number of hydrogen-bond donors (Lipinski definition) is 0. The maximum Gasteiger partial charge on any atom is 0.196 e. The molecule has 0 radical (unpaired) electrons. The summed E-state index contributed by atoms with van der Waals surface area (Å²) in [6.45, 7) is 1.95. The van der Waals surface area contributed by atoms with Gasteiger partial charge in [-0.05, 0) is 43.2 Å². The summed E-state index contributed by atoms with van der Waals surface area (Å²) >= 11 is 12.2. The maximum atomic E-state index is 12.8. The van der Waals surface area contributed by atoms with Crippen molar-refractivity contribution in [3.63, 3.8) is 0 Å². The lowest BCUT2D eigenvalue weighted by Gasteiger charge is -2.21. The van der Waals surface area contributed by atoms with Crippen molar-refractivity contribution < 1.29 is 4.79 Å². The Bertz CT molecular complexity index is 678. The van der Waals surface area contributed by atoms with Gasteiger partial charge >= 0.3 is 0 Å². The van der Waals surface area contributed by atoms with Crippen LogP contribution in [0.15, 0.2) is 42.5 Å². The van der Waals surface area contributed by atoms with E-state index in [0.29, 0.717) is 21.2 Å². The first-order chi connectivity index (χ1) is 10.2. The number of rotatable bonds is 3. The van der Waals surface area contributed by atoms with Gasteiger partial charge in [-0.15, -0.1) is 0 Å². The highest BCUT2D eigenvalue weighted by molar-refractivity contribution is 6.35. The summed E-state index contributed by atoms with van der Waals surface area (Å²) in [4.78, 5) is 15.1. The fourth-order valence-corrected chi connectivity index (χ4v) is 3.11. The fourth-order valence-electron chi connectivity index (χ4n) is 2.71. The van der Waals surface area contributed by atoms with E-state index in [9.17, 15) is 4.79 Å². The fraction of sp³-hybridized carbons (Fsp3) is 0.235. The number of carbonyl (C=O) groups excluding carboxylic acids is 1. The minimum atomic E-state index is -0.0787. The van der Waals surface area contributed by atoms with Crippen LogP contribution < -0.4 is 4.90 Å². The third-order valence-corrected chi connectivity index (χ3v) is 4.33. The van der Waals surface area contributed by atoms with E-state index in [2.05, 4.69) is 4.90 Å². The lowest BCUT2D eigenvalue weighted by molar-refractivity contribution is 0.103. The van der Waals surface area contributed by atoms with Crippen LogP contribution in [0.4, 0.5) is 5.69 Å². The Morgan fingerprint density at radius 2 is 1.67 bits per heavy atom. The molecule has 2 aromatic rings. The van der Waals surface area contributed by atoms with Crippen LogP contribution in [0.25, 0.3) is 0 Å². The largest absolute Gasteiger partial charge is 0.371 e. The van der Waals surface area contributed by atoms with Crippen LogP contribution in [0.5, 0.6) is 0 Å². The zero-order chi connectivity index (χ0) is 14.8. The van der Waals surface area contributed by atoms with E-state index >= 15 is 0 Å². The van der Waals surface area contributed by atoms with Gasteiger partial charge in [0.1, 0.15) is 0 Å². The molecule has 0 saturated carbocycles. The van der Waals surface area contributed by atoms with Crippen LogP contribution in [0.2, 0.25) is 10.0 Å². The zero-order valence-corrected chi connectivity index (χ0v) is 13.0. The molecule has 3 rings (SSSR count). The van der Waals surface area contributed by atoms with Gasteiger partial charge in [0.05, 0.1) is 5.02 Å². The van der Waals surface area contributed by atoms with E-state index in [4.69, 9.17) is 23.2 Å². The molecule has 4 heteroatoms. The molecule has 1 fully saturated rings. The Morgan fingerprint density at radius 1 is 0.952 bits per heavy atom. The van der Waals surface area contributed by atoms with Gasteiger partial charge < -0.3 is 4.90 Å². The molecule has 0 atom stereocenters. The number of benzene rings is 2. The van der Waals surface area contributed by atoms with E-state index in [1.165, 1.54) is 0 Å². The van der Waals surface area contributed by atoms with E-state index in [1.807, 2.05) is 24.3 Å². The van der Waals surface area contributed by atoms with Crippen LogP contribution in [0, 0.1) is 0 Å². The van der Waals surface area contributed by atoms with Crippen LogP contribution >= 0.6 is 23.2 Å². The molecule has 1 heterocycles. The van der Waals surface area contributed by atoms with Crippen molar-refractivity contribution in [3.05, 3.63) is 63.6 Å². The molecule has 0 bridgehead atoms. The molecule has 0 spiro atoms. The number of ketones is 1. The topological polar surface area (TPSA) is 20.3 Å². The van der Waals surface area contributed by atoms with Crippen LogP contribution in [-0.2, 0) is 0 Å². The highest BCUT2D eigenvalue weighted by Gasteiger charge is 2.21. The second-order valence-corrected chi connectivity index (χ2v) is 6.01. The van der Waals surface area contributed by atoms with Crippen LogP contribution in [-0.4, -0.2) is 18.9 Å². The van der Waals surface area contributed by atoms with Crippen molar-refractivity contribution in [3.8, 4) is 0 Å². The van der Waals surface area contributed by atoms with Gasteiger partial charge in [0.15, 0.2) is 5.78 Å². The summed E-state index contributed by atoms with van der Waals surface area (Å²) in [5, 5.41) is 1.03. The Balaban J connectivity index is 2.06. The molecule has 2 nitrogen and oxygen atoms in total. The molecule has 2 aromatic carbocycles. The summed E-state index contributed by atoms with van der Waals surface area (Å²) in [6.07, 6.45) is 2.31. The third kappa shape index (κ3) is 2.92. The molecule has 0 unspecified atom stereocenters. The first-order valence-electron chi connectivity index (χ1n) is 7.00. The van der Waals surface area contributed by atoms with Gasteiger partial charge in [0.2, 0.25) is 0 Å². The number of carbonyl (C=O) groups is 1. The average molecular weight is 320 g/mol. The van der Waals surface area contributed by atoms with Crippen molar-refractivity contribution in [2.75, 3.05) is 18.0 Å². The first kappa shape index (κ1) is 14.4. The van der Waals surface area contributed by atoms with E-state index < -0.39 is 0 Å². The summed E-state index contributed by atoms with van der Waals surface area (Å²) in [6, 6.07) is 12.6. The second-order valence-electron chi connectivity index (χ2n) is 5.16. The van der Waals surface area contributed by atoms with Crippen LogP contribution in [0.1, 0.15) is 28.8 Å². The van der Waals surface area contributed by atoms with Gasteiger partial charge in [0, 0.05) is 34.9 Å². The summed E-state index contributed by atoms with van der Waals surface area (Å²) in [5.74, 6) is -0.0787. The predicted octanol–water partition coefficient (Wildman–Crippen LogP) is 4.82. The number of halogens is 2. The second kappa shape index (κ2) is 6.08. The molecule has 0 aliphatic carbocycles. The Labute approximate surface area is 134 Å². The van der Waals surface area contributed by atoms with Crippen molar-refractivity contribution in [1.82, 2.24) is 0 Å². The molecule has 108 valence electrons. The van der Waals surface area contributed by atoms with Gasteiger partial charge in [-0.25, -0.2) is 0 Å². The number of anilines is 1. The van der Waals surface area contributed by atoms with Gasteiger partial charge in [-0.3, -0.25) is 4.79 Å². The van der Waals surface area contributed by atoms with Gasteiger partial charge in [-0.2, -0.15) is 0 Å². The Hall–Kier alpha value is -1.51. The molecule has 1 aliphatic heterocycles.